The molecule has 3 rings (SSSR count). The Balaban J connectivity index is 1.81. The molecule has 0 aromatic carbocycles. The van der Waals surface area contributed by atoms with Gasteiger partial charge in [-0.25, -0.2) is 0 Å². The lowest BCUT2D eigenvalue weighted by atomic mass is 10.1. The van der Waals surface area contributed by atoms with Crippen molar-refractivity contribution >= 4 is 5.91 Å². The molecule has 2 aliphatic carbocycles. The third kappa shape index (κ3) is 1.77. The second-order valence-corrected chi connectivity index (χ2v) is 6.02. The van der Waals surface area contributed by atoms with E-state index in [1.165, 1.54) is 6.42 Å². The van der Waals surface area contributed by atoms with Gasteiger partial charge < -0.3 is 9.64 Å². The highest BCUT2D eigenvalue weighted by Crippen LogP contribution is 2.45. The summed E-state index contributed by atoms with van der Waals surface area (Å²) in [5.41, 5.74) is -0.180. The van der Waals surface area contributed by atoms with E-state index >= 15 is 0 Å². The van der Waals surface area contributed by atoms with Crippen LogP contribution in [-0.2, 0) is 9.53 Å². The van der Waals surface area contributed by atoms with Crippen LogP contribution in [-0.4, -0.2) is 41.8 Å². The topological polar surface area (TPSA) is 41.6 Å². The van der Waals surface area contributed by atoms with Crippen molar-refractivity contribution in [2.24, 2.45) is 0 Å². The maximum absolute atomic E-state index is 12.6. The maximum Gasteiger partial charge on any atom is 0.244 e. The number of carbonyl (C=O) groups excluding carboxylic acids is 1. The van der Waals surface area contributed by atoms with Crippen LogP contribution in [0.25, 0.3) is 0 Å². The average Bonchev–Trinajstić information content (AvgIpc) is 2.91. The molecule has 0 radical (unpaired) electrons. The zero-order chi connectivity index (χ0) is 12.8. The summed E-state index contributed by atoms with van der Waals surface area (Å²) in [5.74, 6) is 0.343. The van der Waals surface area contributed by atoms with Gasteiger partial charge in [0.2, 0.25) is 5.91 Å². The Kier molecular flexibility index (Phi) is 3.10. The molecule has 1 heterocycles. The lowest BCUT2D eigenvalue weighted by molar-refractivity contribution is -0.135. The van der Waals surface area contributed by atoms with Crippen LogP contribution in [0.15, 0.2) is 0 Å². The van der Waals surface area contributed by atoms with Gasteiger partial charge in [-0.1, -0.05) is 13.3 Å². The summed E-state index contributed by atoms with van der Waals surface area (Å²) in [6.07, 6.45) is 8.06. The van der Waals surface area contributed by atoms with E-state index in [4.69, 9.17) is 4.74 Å². The summed E-state index contributed by atoms with van der Waals surface area (Å²) in [6.45, 7) is 2.19. The molecule has 1 spiro atoms. The molecule has 0 aromatic heterocycles. The number of nitrogens with one attached hydrogen (secondary N) is 1. The monoisotopic (exact) mass is 252 g/mol. The van der Waals surface area contributed by atoms with Gasteiger partial charge in [0.05, 0.1) is 23.9 Å². The number of hydrogen-bond donors (Lipinski definition) is 1. The summed E-state index contributed by atoms with van der Waals surface area (Å²) in [5, 5.41) is 3.58. The molecule has 18 heavy (non-hydrogen) atoms. The molecule has 1 saturated heterocycles. The smallest absolute Gasteiger partial charge is 0.244 e. The van der Waals surface area contributed by atoms with E-state index in [1.807, 2.05) is 0 Å². The van der Waals surface area contributed by atoms with E-state index in [1.54, 1.807) is 7.11 Å². The second kappa shape index (κ2) is 4.49. The van der Waals surface area contributed by atoms with E-state index in [0.29, 0.717) is 11.9 Å². The first-order valence-corrected chi connectivity index (χ1v) is 7.35. The molecule has 0 aromatic rings. The summed E-state index contributed by atoms with van der Waals surface area (Å²) in [7, 11) is 1.78. The fraction of sp³-hybridized carbons (Fsp3) is 0.929. The highest BCUT2D eigenvalue weighted by molar-refractivity contribution is 5.92. The number of ether oxygens (including phenoxy) is 1. The Bertz CT molecular complexity index is 341. The maximum atomic E-state index is 12.6. The minimum atomic E-state index is -0.180. The highest BCUT2D eigenvalue weighted by Gasteiger charge is 2.60. The molecule has 2 saturated carbocycles. The van der Waals surface area contributed by atoms with Gasteiger partial charge in [-0.3, -0.25) is 10.1 Å². The van der Waals surface area contributed by atoms with Crippen molar-refractivity contribution in [3.63, 3.8) is 0 Å². The Morgan fingerprint density at radius 3 is 2.83 bits per heavy atom. The van der Waals surface area contributed by atoms with Gasteiger partial charge in [0.25, 0.3) is 0 Å². The molecule has 1 N–H and O–H groups in total. The van der Waals surface area contributed by atoms with Crippen LogP contribution >= 0.6 is 0 Å². The van der Waals surface area contributed by atoms with Crippen LogP contribution < -0.4 is 5.32 Å². The van der Waals surface area contributed by atoms with Crippen LogP contribution in [0.2, 0.25) is 0 Å². The largest absolute Gasteiger partial charge is 0.379 e. The molecule has 0 bridgehead atoms. The lowest BCUT2D eigenvalue weighted by Crippen LogP contribution is -2.48. The van der Waals surface area contributed by atoms with Crippen LogP contribution in [0.5, 0.6) is 0 Å². The van der Waals surface area contributed by atoms with Crippen LogP contribution in [0.3, 0.4) is 0 Å². The molecule has 4 nitrogen and oxygen atoms in total. The highest BCUT2D eigenvalue weighted by atomic mass is 16.5. The van der Waals surface area contributed by atoms with E-state index in [-0.39, 0.29) is 17.8 Å². The van der Waals surface area contributed by atoms with Gasteiger partial charge in [0.15, 0.2) is 0 Å². The van der Waals surface area contributed by atoms with Crippen molar-refractivity contribution in [3.8, 4) is 0 Å². The van der Waals surface area contributed by atoms with E-state index in [9.17, 15) is 4.79 Å². The van der Waals surface area contributed by atoms with Gasteiger partial charge in [-0.2, -0.15) is 0 Å². The number of methoxy groups -OCH3 is 1. The second-order valence-electron chi connectivity index (χ2n) is 6.02. The Morgan fingerprint density at radius 2 is 2.22 bits per heavy atom. The van der Waals surface area contributed by atoms with E-state index in [2.05, 4.69) is 17.1 Å². The van der Waals surface area contributed by atoms with Crippen molar-refractivity contribution in [1.82, 2.24) is 10.2 Å². The zero-order valence-corrected chi connectivity index (χ0v) is 11.4. The van der Waals surface area contributed by atoms with Gasteiger partial charge in [-0.05, 0) is 38.5 Å². The molecular weight excluding hydrogens is 228 g/mol. The van der Waals surface area contributed by atoms with Crippen molar-refractivity contribution in [3.05, 3.63) is 0 Å². The number of rotatable bonds is 4. The zero-order valence-electron chi connectivity index (χ0n) is 11.4. The summed E-state index contributed by atoms with van der Waals surface area (Å²) in [6, 6.07) is 0.298. The molecule has 3 unspecified atom stereocenters. The quantitative estimate of drug-likeness (QED) is 0.827. The average molecular weight is 252 g/mol. The third-order valence-corrected chi connectivity index (χ3v) is 4.81. The Hall–Kier alpha value is -0.610. The van der Waals surface area contributed by atoms with E-state index < -0.39 is 0 Å². The Morgan fingerprint density at radius 1 is 1.44 bits per heavy atom. The van der Waals surface area contributed by atoms with E-state index in [0.717, 1.165) is 38.5 Å². The molecular formula is C14H24N2O2. The summed E-state index contributed by atoms with van der Waals surface area (Å²) >= 11 is 0. The van der Waals surface area contributed by atoms with Crippen molar-refractivity contribution in [2.75, 3.05) is 7.11 Å². The van der Waals surface area contributed by atoms with Crippen LogP contribution in [0.1, 0.15) is 51.9 Å². The van der Waals surface area contributed by atoms with Crippen LogP contribution in [0, 0.1) is 0 Å². The van der Waals surface area contributed by atoms with Crippen molar-refractivity contribution in [1.29, 1.82) is 0 Å². The molecule has 3 atom stereocenters. The summed E-state index contributed by atoms with van der Waals surface area (Å²) < 4.78 is 5.58. The summed E-state index contributed by atoms with van der Waals surface area (Å²) in [4.78, 5) is 14.8. The van der Waals surface area contributed by atoms with Gasteiger partial charge in [0.1, 0.15) is 0 Å². The molecule has 4 heteroatoms. The standard InChI is InChI=1S/C14H24N2O2/c1-3-5-12-15-14(8-9-14)13(17)16(12)10-6-4-7-11(10)18-2/h10-12,15H,3-9H2,1-2H3. The number of carbonyl (C=O) groups is 1. The molecule has 3 fully saturated rings. The van der Waals surface area contributed by atoms with Crippen molar-refractivity contribution < 1.29 is 9.53 Å². The molecule has 1 aliphatic heterocycles. The number of nitrogens with zero attached hydrogens (tertiary/aromatic N) is 1. The predicted octanol–water partition coefficient (Wildman–Crippen LogP) is 1.64. The molecule has 1 amide bonds. The minimum Gasteiger partial charge on any atom is -0.379 e. The fourth-order valence-electron chi connectivity index (χ4n) is 3.69. The SMILES string of the molecule is CCCC1NC2(CC2)C(=O)N1C1CCCC1OC. The van der Waals surface area contributed by atoms with Gasteiger partial charge >= 0.3 is 0 Å². The minimum absolute atomic E-state index is 0.180. The molecule has 3 aliphatic rings. The van der Waals surface area contributed by atoms with Gasteiger partial charge in [-0.15, -0.1) is 0 Å². The first-order chi connectivity index (χ1) is 8.72. The van der Waals surface area contributed by atoms with Crippen molar-refractivity contribution in [2.45, 2.75) is 75.7 Å². The predicted molar refractivity (Wildman–Crippen MR) is 69.1 cm³/mol. The first kappa shape index (κ1) is 12.4. The van der Waals surface area contributed by atoms with Crippen LogP contribution in [0.4, 0.5) is 0 Å². The number of hydrogen-bond acceptors (Lipinski definition) is 3. The van der Waals surface area contributed by atoms with Gasteiger partial charge in [0, 0.05) is 7.11 Å². The number of amides is 1. The normalized spacial score (nSPS) is 37.8. The third-order valence-electron chi connectivity index (χ3n) is 4.81. The fourth-order valence-corrected chi connectivity index (χ4v) is 3.69. The first-order valence-electron chi connectivity index (χ1n) is 7.35. The lowest BCUT2D eigenvalue weighted by Gasteiger charge is -2.33. The molecule has 102 valence electrons. The Labute approximate surface area is 109 Å².